The largest absolute Gasteiger partial charge is 0.333 e. The molecule has 3 aromatic rings. The number of aromatic nitrogens is 2. The average molecular weight is 331 g/mol. The molecule has 22 heavy (non-hydrogen) atoms. The van der Waals surface area contributed by atoms with Crippen molar-refractivity contribution in [1.82, 2.24) is 10.1 Å². The summed E-state index contributed by atoms with van der Waals surface area (Å²) in [4.78, 5) is 17.4. The summed E-state index contributed by atoms with van der Waals surface area (Å²) in [5.41, 5.74) is 0.788. The minimum Gasteiger partial charge on any atom is -0.333 e. The maximum Gasteiger partial charge on any atom is 0.268 e. The summed E-state index contributed by atoms with van der Waals surface area (Å²) in [6.07, 6.45) is 0. The van der Waals surface area contributed by atoms with Gasteiger partial charge in [-0.05, 0) is 35.7 Å². The molecule has 7 heteroatoms. The number of carbonyl (C=O) groups is 1. The van der Waals surface area contributed by atoms with Crippen LogP contribution in [0.25, 0.3) is 10.8 Å². The summed E-state index contributed by atoms with van der Waals surface area (Å²) in [5, 5.41) is 8.70. The molecule has 5 nitrogen and oxygen atoms in total. The summed E-state index contributed by atoms with van der Waals surface area (Å²) in [5.74, 6) is 1.79. The van der Waals surface area contributed by atoms with Gasteiger partial charge in [-0.15, -0.1) is 23.1 Å². The molecule has 112 valence electrons. The van der Waals surface area contributed by atoms with Crippen LogP contribution in [0.4, 0.5) is 5.69 Å². The minimum atomic E-state index is -0.0756. The highest BCUT2D eigenvalue weighted by Crippen LogP contribution is 2.26. The number of amides is 1. The van der Waals surface area contributed by atoms with Gasteiger partial charge in [0.15, 0.2) is 5.82 Å². The molecule has 0 fully saturated rings. The number of benzene rings is 1. The fourth-order valence-electron chi connectivity index (χ4n) is 1.80. The molecule has 2 aromatic heterocycles. The summed E-state index contributed by atoms with van der Waals surface area (Å²) in [7, 11) is 0. The van der Waals surface area contributed by atoms with Gasteiger partial charge in [-0.3, -0.25) is 4.79 Å². The summed E-state index contributed by atoms with van der Waals surface area (Å²) in [6.45, 7) is 1.49. The van der Waals surface area contributed by atoms with Crippen LogP contribution in [0.5, 0.6) is 0 Å². The van der Waals surface area contributed by atoms with E-state index in [1.165, 1.54) is 6.92 Å². The Kier molecular flexibility index (Phi) is 4.55. The zero-order chi connectivity index (χ0) is 15.4. The number of hydrogen-bond donors (Lipinski definition) is 1. The summed E-state index contributed by atoms with van der Waals surface area (Å²) < 4.78 is 5.25. The van der Waals surface area contributed by atoms with E-state index in [1.54, 1.807) is 23.1 Å². The van der Waals surface area contributed by atoms with Crippen molar-refractivity contribution in [1.29, 1.82) is 0 Å². The van der Waals surface area contributed by atoms with Gasteiger partial charge < -0.3 is 9.84 Å². The van der Waals surface area contributed by atoms with Gasteiger partial charge in [-0.1, -0.05) is 11.2 Å². The molecule has 3 rings (SSSR count). The maximum atomic E-state index is 11.0. The molecule has 1 N–H and O–H groups in total. The van der Waals surface area contributed by atoms with E-state index in [0.717, 1.165) is 15.5 Å². The Morgan fingerprint density at radius 3 is 2.82 bits per heavy atom. The Bertz CT molecular complexity index is 751. The van der Waals surface area contributed by atoms with Crippen molar-refractivity contribution in [3.63, 3.8) is 0 Å². The molecule has 0 aliphatic rings. The molecule has 0 saturated heterocycles. The van der Waals surface area contributed by atoms with E-state index in [9.17, 15) is 4.79 Å². The molecule has 0 spiro atoms. The molecular weight excluding hydrogens is 318 g/mol. The number of nitrogens with zero attached hydrogens (tertiary/aromatic N) is 2. The third-order valence-corrected chi connectivity index (χ3v) is 4.61. The van der Waals surface area contributed by atoms with Crippen molar-refractivity contribution in [2.24, 2.45) is 0 Å². The minimum absolute atomic E-state index is 0.0756. The van der Waals surface area contributed by atoms with Crippen LogP contribution in [-0.4, -0.2) is 16.0 Å². The Morgan fingerprint density at radius 2 is 2.14 bits per heavy atom. The van der Waals surface area contributed by atoms with Crippen molar-refractivity contribution in [3.8, 4) is 10.8 Å². The normalized spacial score (nSPS) is 10.6. The standard InChI is InChI=1S/C15H13N3O2S2/c1-10(19)16-11-4-6-12(7-5-11)22-9-14-17-15(20-18-14)13-3-2-8-21-13/h2-8H,9H2,1H3,(H,16,19). The summed E-state index contributed by atoms with van der Waals surface area (Å²) in [6, 6.07) is 11.6. The number of carbonyl (C=O) groups excluding carboxylic acids is 1. The van der Waals surface area contributed by atoms with E-state index in [1.807, 2.05) is 41.8 Å². The molecule has 0 bridgehead atoms. The molecule has 0 atom stereocenters. The maximum absolute atomic E-state index is 11.0. The predicted molar refractivity (Wildman–Crippen MR) is 87.9 cm³/mol. The molecule has 1 amide bonds. The van der Waals surface area contributed by atoms with Gasteiger partial charge in [0.2, 0.25) is 5.91 Å². The molecule has 2 heterocycles. The fourth-order valence-corrected chi connectivity index (χ4v) is 3.18. The number of rotatable bonds is 5. The second-order valence-corrected chi connectivity index (χ2v) is 6.48. The van der Waals surface area contributed by atoms with Gasteiger partial charge in [0.1, 0.15) is 0 Å². The quantitative estimate of drug-likeness (QED) is 0.714. The van der Waals surface area contributed by atoms with Crippen molar-refractivity contribution >= 4 is 34.7 Å². The summed E-state index contributed by atoms with van der Waals surface area (Å²) >= 11 is 3.19. The molecule has 0 saturated carbocycles. The van der Waals surface area contributed by atoms with Crippen LogP contribution in [0, 0.1) is 0 Å². The second kappa shape index (κ2) is 6.76. The first-order chi connectivity index (χ1) is 10.7. The van der Waals surface area contributed by atoms with Crippen molar-refractivity contribution < 1.29 is 9.32 Å². The molecule has 0 unspecified atom stereocenters. The zero-order valence-corrected chi connectivity index (χ0v) is 13.4. The van der Waals surface area contributed by atoms with Gasteiger partial charge in [0.05, 0.1) is 10.6 Å². The third kappa shape index (κ3) is 3.75. The molecule has 0 aliphatic carbocycles. The lowest BCUT2D eigenvalue weighted by molar-refractivity contribution is -0.114. The first-order valence-corrected chi connectivity index (χ1v) is 8.44. The lowest BCUT2D eigenvalue weighted by Gasteiger charge is -2.03. The van der Waals surface area contributed by atoms with E-state index in [0.29, 0.717) is 17.5 Å². The Morgan fingerprint density at radius 1 is 1.32 bits per heavy atom. The van der Waals surface area contributed by atoms with E-state index >= 15 is 0 Å². The number of thiophene rings is 1. The van der Waals surface area contributed by atoms with Crippen LogP contribution >= 0.6 is 23.1 Å². The zero-order valence-electron chi connectivity index (χ0n) is 11.8. The Balaban J connectivity index is 1.59. The van der Waals surface area contributed by atoms with Crippen molar-refractivity contribution in [2.45, 2.75) is 17.6 Å². The van der Waals surface area contributed by atoms with E-state index in [4.69, 9.17) is 4.52 Å². The van der Waals surface area contributed by atoms with Gasteiger partial charge in [0, 0.05) is 17.5 Å². The predicted octanol–water partition coefficient (Wildman–Crippen LogP) is 4.05. The number of nitrogens with one attached hydrogen (secondary N) is 1. The highest BCUT2D eigenvalue weighted by molar-refractivity contribution is 7.98. The van der Waals surface area contributed by atoms with Crippen molar-refractivity contribution in [2.75, 3.05) is 5.32 Å². The highest BCUT2D eigenvalue weighted by Gasteiger charge is 2.09. The first kappa shape index (κ1) is 14.8. The number of anilines is 1. The van der Waals surface area contributed by atoms with Crippen LogP contribution in [0.15, 0.2) is 51.2 Å². The van der Waals surface area contributed by atoms with Crippen LogP contribution in [0.1, 0.15) is 12.7 Å². The topological polar surface area (TPSA) is 68.0 Å². The van der Waals surface area contributed by atoms with E-state index in [2.05, 4.69) is 15.5 Å². The lowest BCUT2D eigenvalue weighted by Crippen LogP contribution is -2.05. The smallest absolute Gasteiger partial charge is 0.268 e. The molecule has 0 radical (unpaired) electrons. The first-order valence-electron chi connectivity index (χ1n) is 6.57. The fraction of sp³-hybridized carbons (Fsp3) is 0.133. The molecule has 0 aliphatic heterocycles. The van der Waals surface area contributed by atoms with Crippen LogP contribution in [-0.2, 0) is 10.5 Å². The lowest BCUT2D eigenvalue weighted by atomic mass is 10.3. The van der Waals surface area contributed by atoms with Crippen LogP contribution in [0.2, 0.25) is 0 Å². The highest BCUT2D eigenvalue weighted by atomic mass is 32.2. The van der Waals surface area contributed by atoms with Crippen molar-refractivity contribution in [3.05, 3.63) is 47.6 Å². The van der Waals surface area contributed by atoms with Crippen LogP contribution in [0.3, 0.4) is 0 Å². The molecular formula is C15H13N3O2S2. The second-order valence-electron chi connectivity index (χ2n) is 4.49. The van der Waals surface area contributed by atoms with Gasteiger partial charge >= 0.3 is 0 Å². The SMILES string of the molecule is CC(=O)Nc1ccc(SCc2noc(-c3cccs3)n2)cc1. The molecule has 1 aromatic carbocycles. The van der Waals surface area contributed by atoms with Crippen LogP contribution < -0.4 is 5.32 Å². The average Bonchev–Trinajstić information content (AvgIpc) is 3.17. The van der Waals surface area contributed by atoms with Gasteiger partial charge in [-0.2, -0.15) is 4.98 Å². The van der Waals surface area contributed by atoms with E-state index < -0.39 is 0 Å². The number of hydrogen-bond acceptors (Lipinski definition) is 6. The third-order valence-electron chi connectivity index (χ3n) is 2.74. The van der Waals surface area contributed by atoms with Gasteiger partial charge in [-0.25, -0.2) is 0 Å². The van der Waals surface area contributed by atoms with Gasteiger partial charge in [0.25, 0.3) is 5.89 Å². The monoisotopic (exact) mass is 331 g/mol. The Labute approximate surface area is 135 Å². The Hall–Kier alpha value is -2.12. The number of thioether (sulfide) groups is 1. The van der Waals surface area contributed by atoms with E-state index in [-0.39, 0.29) is 5.91 Å².